The van der Waals surface area contributed by atoms with Crippen molar-refractivity contribution in [2.75, 3.05) is 6.54 Å². The van der Waals surface area contributed by atoms with Gasteiger partial charge in [0.25, 0.3) is 0 Å². The van der Waals surface area contributed by atoms with E-state index in [9.17, 15) is 9.59 Å². The molecule has 1 aliphatic rings. The van der Waals surface area contributed by atoms with Gasteiger partial charge in [0.2, 0.25) is 5.91 Å². The average molecular weight is 200 g/mol. The second-order valence-corrected chi connectivity index (χ2v) is 3.57. The fourth-order valence-electron chi connectivity index (χ4n) is 1.72. The van der Waals surface area contributed by atoms with Crippen LogP contribution >= 0.6 is 0 Å². The number of hydrogen-bond donors (Lipinski definition) is 3. The fourth-order valence-corrected chi connectivity index (χ4v) is 1.72. The van der Waals surface area contributed by atoms with Crippen molar-refractivity contribution >= 4 is 12.0 Å². The maximum absolute atomic E-state index is 11.2. The van der Waals surface area contributed by atoms with E-state index < -0.39 is 6.09 Å². The molecule has 5 nitrogen and oxygen atoms in total. The van der Waals surface area contributed by atoms with Crippen LogP contribution in [0.2, 0.25) is 0 Å². The summed E-state index contributed by atoms with van der Waals surface area (Å²) in [6.45, 7) is 2.63. The molecule has 1 saturated heterocycles. The SMILES string of the molecule is CCC(C[C@@H]1CCNC1=O)NC(=O)O. The quantitative estimate of drug-likeness (QED) is 0.620. The van der Waals surface area contributed by atoms with Gasteiger partial charge in [0.1, 0.15) is 0 Å². The van der Waals surface area contributed by atoms with Crippen molar-refractivity contribution in [1.82, 2.24) is 10.6 Å². The highest BCUT2D eigenvalue weighted by molar-refractivity contribution is 5.80. The van der Waals surface area contributed by atoms with Crippen LogP contribution in [0.15, 0.2) is 0 Å². The summed E-state index contributed by atoms with van der Waals surface area (Å²) in [7, 11) is 0. The lowest BCUT2D eigenvalue weighted by atomic mass is 9.97. The van der Waals surface area contributed by atoms with Gasteiger partial charge in [0.15, 0.2) is 0 Å². The monoisotopic (exact) mass is 200 g/mol. The summed E-state index contributed by atoms with van der Waals surface area (Å²) in [5.74, 6) is 0.0300. The summed E-state index contributed by atoms with van der Waals surface area (Å²) < 4.78 is 0. The number of carbonyl (C=O) groups is 2. The molecule has 0 saturated carbocycles. The average Bonchev–Trinajstić information content (AvgIpc) is 2.50. The minimum atomic E-state index is -1.02. The van der Waals surface area contributed by atoms with Gasteiger partial charge in [-0.3, -0.25) is 4.79 Å². The zero-order chi connectivity index (χ0) is 10.6. The maximum Gasteiger partial charge on any atom is 0.404 e. The van der Waals surface area contributed by atoms with Gasteiger partial charge in [-0.1, -0.05) is 6.92 Å². The van der Waals surface area contributed by atoms with Crippen LogP contribution in [0.3, 0.4) is 0 Å². The molecule has 1 heterocycles. The summed E-state index contributed by atoms with van der Waals surface area (Å²) >= 11 is 0. The van der Waals surface area contributed by atoms with E-state index in [4.69, 9.17) is 5.11 Å². The Labute approximate surface area is 82.9 Å². The molecule has 1 unspecified atom stereocenters. The first-order valence-corrected chi connectivity index (χ1v) is 4.90. The Morgan fingerprint density at radius 2 is 2.50 bits per heavy atom. The number of carbonyl (C=O) groups excluding carboxylic acids is 1. The van der Waals surface area contributed by atoms with E-state index in [1.54, 1.807) is 0 Å². The molecule has 80 valence electrons. The highest BCUT2D eigenvalue weighted by atomic mass is 16.4. The Hall–Kier alpha value is -1.26. The Balaban J connectivity index is 2.39. The van der Waals surface area contributed by atoms with E-state index in [-0.39, 0.29) is 17.9 Å². The molecule has 1 aliphatic heterocycles. The predicted molar refractivity (Wildman–Crippen MR) is 51.0 cm³/mol. The van der Waals surface area contributed by atoms with Gasteiger partial charge in [0, 0.05) is 18.5 Å². The second-order valence-electron chi connectivity index (χ2n) is 3.57. The van der Waals surface area contributed by atoms with Crippen LogP contribution < -0.4 is 10.6 Å². The summed E-state index contributed by atoms with van der Waals surface area (Å²) in [6, 6.07) is -0.110. The van der Waals surface area contributed by atoms with Crippen molar-refractivity contribution in [2.24, 2.45) is 5.92 Å². The topological polar surface area (TPSA) is 78.4 Å². The Morgan fingerprint density at radius 3 is 2.93 bits per heavy atom. The van der Waals surface area contributed by atoms with Gasteiger partial charge >= 0.3 is 6.09 Å². The van der Waals surface area contributed by atoms with Crippen LogP contribution in [0.25, 0.3) is 0 Å². The van der Waals surface area contributed by atoms with Crippen molar-refractivity contribution in [3.05, 3.63) is 0 Å². The highest BCUT2D eigenvalue weighted by Gasteiger charge is 2.26. The van der Waals surface area contributed by atoms with E-state index in [0.717, 1.165) is 12.8 Å². The van der Waals surface area contributed by atoms with Gasteiger partial charge in [-0.15, -0.1) is 0 Å². The lowest BCUT2D eigenvalue weighted by molar-refractivity contribution is -0.122. The molecule has 14 heavy (non-hydrogen) atoms. The van der Waals surface area contributed by atoms with E-state index in [1.807, 2.05) is 6.92 Å². The Morgan fingerprint density at radius 1 is 1.79 bits per heavy atom. The van der Waals surface area contributed by atoms with Crippen LogP contribution in [0.4, 0.5) is 4.79 Å². The van der Waals surface area contributed by atoms with Gasteiger partial charge in [0.05, 0.1) is 0 Å². The van der Waals surface area contributed by atoms with Gasteiger partial charge in [-0.2, -0.15) is 0 Å². The molecule has 1 rings (SSSR count). The molecule has 2 atom stereocenters. The lowest BCUT2D eigenvalue weighted by Crippen LogP contribution is -2.36. The zero-order valence-electron chi connectivity index (χ0n) is 8.25. The summed E-state index contributed by atoms with van der Waals surface area (Å²) in [6.07, 6.45) is 1.12. The molecular weight excluding hydrogens is 184 g/mol. The third-order valence-electron chi connectivity index (χ3n) is 2.55. The molecule has 0 aromatic heterocycles. The summed E-state index contributed by atoms with van der Waals surface area (Å²) in [4.78, 5) is 21.6. The van der Waals surface area contributed by atoms with Gasteiger partial charge < -0.3 is 15.7 Å². The van der Waals surface area contributed by atoms with Crippen molar-refractivity contribution in [3.63, 3.8) is 0 Å². The number of hydrogen-bond acceptors (Lipinski definition) is 2. The molecule has 0 radical (unpaired) electrons. The summed E-state index contributed by atoms with van der Waals surface area (Å²) in [5, 5.41) is 13.7. The summed E-state index contributed by atoms with van der Waals surface area (Å²) in [5.41, 5.74) is 0. The highest BCUT2D eigenvalue weighted by Crippen LogP contribution is 2.17. The molecule has 1 fully saturated rings. The number of carboxylic acid groups (broad SMARTS) is 1. The maximum atomic E-state index is 11.2. The molecule has 0 bridgehead atoms. The van der Waals surface area contributed by atoms with Crippen LogP contribution in [-0.4, -0.2) is 29.7 Å². The first kappa shape index (κ1) is 10.8. The molecule has 0 aliphatic carbocycles. The number of nitrogens with one attached hydrogen (secondary N) is 2. The lowest BCUT2D eigenvalue weighted by Gasteiger charge is -2.17. The second kappa shape index (κ2) is 4.83. The molecule has 0 aromatic carbocycles. The zero-order valence-corrected chi connectivity index (χ0v) is 8.25. The van der Waals surface area contributed by atoms with Crippen LogP contribution in [0.5, 0.6) is 0 Å². The van der Waals surface area contributed by atoms with Crippen molar-refractivity contribution in [2.45, 2.75) is 32.2 Å². The molecular formula is C9H16N2O3. The molecule has 3 N–H and O–H groups in total. The first-order valence-electron chi connectivity index (χ1n) is 4.90. The molecule has 0 spiro atoms. The standard InChI is InChI=1S/C9H16N2O3/c1-2-7(11-9(13)14)5-6-3-4-10-8(6)12/h6-7,11H,2-5H2,1H3,(H,10,12)(H,13,14)/t6-,7?/m0/s1. The van der Waals surface area contributed by atoms with E-state index in [1.165, 1.54) is 0 Å². The van der Waals surface area contributed by atoms with Gasteiger partial charge in [-0.05, 0) is 19.3 Å². The van der Waals surface area contributed by atoms with Crippen molar-refractivity contribution in [3.8, 4) is 0 Å². The number of rotatable bonds is 4. The first-order chi connectivity index (χ1) is 6.63. The van der Waals surface area contributed by atoms with Gasteiger partial charge in [-0.25, -0.2) is 4.79 Å². The van der Waals surface area contributed by atoms with E-state index in [2.05, 4.69) is 10.6 Å². The van der Waals surface area contributed by atoms with E-state index in [0.29, 0.717) is 13.0 Å². The van der Waals surface area contributed by atoms with E-state index >= 15 is 0 Å². The number of amides is 2. The van der Waals surface area contributed by atoms with Crippen LogP contribution in [0, 0.1) is 5.92 Å². The van der Waals surface area contributed by atoms with Crippen LogP contribution in [-0.2, 0) is 4.79 Å². The van der Waals surface area contributed by atoms with Crippen molar-refractivity contribution in [1.29, 1.82) is 0 Å². The molecule has 0 aromatic rings. The minimum Gasteiger partial charge on any atom is -0.465 e. The Kier molecular flexibility index (Phi) is 3.73. The molecule has 5 heteroatoms. The molecule has 2 amide bonds. The normalized spacial score (nSPS) is 22.9. The Bertz CT molecular complexity index is 230. The fraction of sp³-hybridized carbons (Fsp3) is 0.778. The van der Waals surface area contributed by atoms with Crippen LogP contribution in [0.1, 0.15) is 26.2 Å². The third-order valence-corrected chi connectivity index (χ3v) is 2.55. The smallest absolute Gasteiger partial charge is 0.404 e. The third kappa shape index (κ3) is 2.90. The predicted octanol–water partition coefficient (Wildman–Crippen LogP) is 0.559. The largest absolute Gasteiger partial charge is 0.465 e. The van der Waals surface area contributed by atoms with Crippen molar-refractivity contribution < 1.29 is 14.7 Å². The minimum absolute atomic E-state index is 0.0215.